The molecule has 1 atom stereocenters. The van der Waals surface area contributed by atoms with Crippen LogP contribution < -0.4 is 4.74 Å². The van der Waals surface area contributed by atoms with Crippen molar-refractivity contribution in [3.63, 3.8) is 0 Å². The normalized spacial score (nSPS) is 13.9. The summed E-state index contributed by atoms with van der Waals surface area (Å²) in [6.07, 6.45) is 0.169. The zero-order valence-corrected chi connectivity index (χ0v) is 18.7. The fourth-order valence-electron chi connectivity index (χ4n) is 3.05. The Morgan fingerprint density at radius 2 is 1.66 bits per heavy atom. The van der Waals surface area contributed by atoms with E-state index in [9.17, 15) is 13.5 Å². The van der Waals surface area contributed by atoms with Crippen molar-refractivity contribution < 1.29 is 27.2 Å². The van der Waals surface area contributed by atoms with Crippen LogP contribution in [-0.4, -0.2) is 39.6 Å². The molecule has 0 aliphatic rings. The maximum absolute atomic E-state index is 12.4. The molecule has 0 fully saturated rings. The van der Waals surface area contributed by atoms with Crippen LogP contribution >= 0.6 is 0 Å². The molecule has 29 heavy (non-hydrogen) atoms. The summed E-state index contributed by atoms with van der Waals surface area (Å²) in [5, 5.41) is 10.9. The Hall–Kier alpha value is -1.93. The Balaban J connectivity index is 2.22. The van der Waals surface area contributed by atoms with Gasteiger partial charge in [0.15, 0.2) is 6.79 Å². The van der Waals surface area contributed by atoms with E-state index in [1.54, 1.807) is 19.1 Å². The average Bonchev–Trinajstić information content (AvgIpc) is 2.65. The second-order valence-corrected chi connectivity index (χ2v) is 9.31. The number of hydrogen-bond acceptors (Lipinski definition) is 6. The lowest BCUT2D eigenvalue weighted by atomic mass is 9.90. The maximum atomic E-state index is 12.4. The molecule has 1 unspecified atom stereocenters. The minimum Gasteiger partial charge on any atom is -0.467 e. The molecule has 0 radical (unpaired) electrons. The summed E-state index contributed by atoms with van der Waals surface area (Å²) < 4.78 is 40.8. The number of hydrogen-bond donors (Lipinski definition) is 1. The zero-order valence-electron chi connectivity index (χ0n) is 17.9. The van der Waals surface area contributed by atoms with Gasteiger partial charge in [-0.25, -0.2) is 0 Å². The highest BCUT2D eigenvalue weighted by molar-refractivity contribution is 7.86. The summed E-state index contributed by atoms with van der Waals surface area (Å²) in [6.45, 7) is 8.99. The van der Waals surface area contributed by atoms with Crippen molar-refractivity contribution in [3.8, 4) is 5.75 Å². The number of rotatable bonds is 9. The summed E-state index contributed by atoms with van der Waals surface area (Å²) in [6, 6.07) is 8.40. The van der Waals surface area contributed by atoms with Crippen molar-refractivity contribution in [1.82, 2.24) is 0 Å². The highest BCUT2D eigenvalue weighted by Crippen LogP contribution is 2.33. The highest BCUT2D eigenvalue weighted by Gasteiger charge is 2.29. The SMILES string of the molecule is COCOc1c(C)c(C)cc(C)c1CC(C)(O)COS(=O)(=O)c1ccc(C)cc1. The first-order valence-corrected chi connectivity index (χ1v) is 10.8. The zero-order chi connectivity index (χ0) is 21.8. The quantitative estimate of drug-likeness (QED) is 0.491. The van der Waals surface area contributed by atoms with Crippen LogP contribution in [0.4, 0.5) is 0 Å². The minimum absolute atomic E-state index is 0.0605. The van der Waals surface area contributed by atoms with Crippen LogP contribution in [0.15, 0.2) is 35.2 Å². The lowest BCUT2D eigenvalue weighted by Crippen LogP contribution is -2.35. The van der Waals surface area contributed by atoms with Crippen molar-refractivity contribution in [1.29, 1.82) is 0 Å². The highest BCUT2D eigenvalue weighted by atomic mass is 32.2. The first kappa shape index (κ1) is 23.3. The van der Waals surface area contributed by atoms with Gasteiger partial charge in [0.05, 0.1) is 17.1 Å². The summed E-state index contributed by atoms with van der Waals surface area (Å²) in [5.74, 6) is 0.644. The Bertz CT molecular complexity index is 946. The van der Waals surface area contributed by atoms with Gasteiger partial charge in [0.1, 0.15) is 5.75 Å². The number of benzene rings is 2. The number of aryl methyl sites for hydroxylation is 3. The Kier molecular flexibility index (Phi) is 7.45. The predicted octanol–water partition coefficient (Wildman–Crippen LogP) is 3.60. The van der Waals surface area contributed by atoms with Crippen LogP contribution in [0.3, 0.4) is 0 Å². The van der Waals surface area contributed by atoms with Crippen LogP contribution in [0, 0.1) is 27.7 Å². The molecule has 2 aromatic carbocycles. The van der Waals surface area contributed by atoms with E-state index in [1.807, 2.05) is 33.8 Å². The van der Waals surface area contributed by atoms with Gasteiger partial charge in [0, 0.05) is 19.1 Å². The molecular weight excluding hydrogens is 392 g/mol. The smallest absolute Gasteiger partial charge is 0.297 e. The fraction of sp³-hybridized carbons (Fsp3) is 0.455. The predicted molar refractivity (Wildman–Crippen MR) is 112 cm³/mol. The van der Waals surface area contributed by atoms with Crippen LogP contribution in [-0.2, 0) is 25.5 Å². The number of ether oxygens (including phenoxy) is 2. The van der Waals surface area contributed by atoms with Gasteiger partial charge in [0.2, 0.25) is 0 Å². The van der Waals surface area contributed by atoms with E-state index in [0.29, 0.717) is 5.75 Å². The van der Waals surface area contributed by atoms with Gasteiger partial charge >= 0.3 is 0 Å². The van der Waals surface area contributed by atoms with Gasteiger partial charge in [-0.1, -0.05) is 23.8 Å². The topological polar surface area (TPSA) is 82.1 Å². The summed E-state index contributed by atoms with van der Waals surface area (Å²) in [7, 11) is -2.42. The third-order valence-corrected chi connectivity index (χ3v) is 6.11. The summed E-state index contributed by atoms with van der Waals surface area (Å²) in [4.78, 5) is 0.0605. The second kappa shape index (κ2) is 9.26. The fourth-order valence-corrected chi connectivity index (χ4v) is 4.06. The number of aliphatic hydroxyl groups is 1. The molecule has 2 aromatic rings. The molecule has 0 aliphatic heterocycles. The Labute approximate surface area is 173 Å². The first-order chi connectivity index (χ1) is 13.5. The Morgan fingerprint density at radius 1 is 1.03 bits per heavy atom. The van der Waals surface area contributed by atoms with Crippen LogP contribution in [0.2, 0.25) is 0 Å². The summed E-state index contributed by atoms with van der Waals surface area (Å²) >= 11 is 0. The third-order valence-electron chi connectivity index (χ3n) is 4.83. The van der Waals surface area contributed by atoms with Gasteiger partial charge < -0.3 is 14.6 Å². The molecule has 0 saturated carbocycles. The lowest BCUT2D eigenvalue weighted by molar-refractivity contribution is 0.0116. The van der Waals surface area contributed by atoms with Gasteiger partial charge in [-0.2, -0.15) is 8.42 Å². The molecule has 7 heteroatoms. The summed E-state index contributed by atoms with van der Waals surface area (Å²) in [5.41, 5.74) is 3.29. The second-order valence-electron chi connectivity index (χ2n) is 7.70. The standard InChI is InChI=1S/C22H30O6S/c1-15-7-9-19(10-8-15)29(24,25)28-13-22(5,23)12-20-17(3)11-16(2)18(4)21(20)27-14-26-6/h7-11,23H,12-14H2,1-6H3. The monoisotopic (exact) mass is 422 g/mol. The van der Waals surface area contributed by atoms with Crippen LogP contribution in [0.5, 0.6) is 5.75 Å². The van der Waals surface area contributed by atoms with E-state index in [0.717, 1.165) is 27.8 Å². The van der Waals surface area contributed by atoms with Gasteiger partial charge in [-0.3, -0.25) is 4.18 Å². The van der Waals surface area contributed by atoms with E-state index in [4.69, 9.17) is 13.7 Å². The van der Waals surface area contributed by atoms with Gasteiger partial charge in [-0.15, -0.1) is 0 Å². The van der Waals surface area contributed by atoms with Crippen molar-refractivity contribution >= 4 is 10.1 Å². The van der Waals surface area contributed by atoms with Crippen molar-refractivity contribution in [2.45, 2.75) is 51.5 Å². The van der Waals surface area contributed by atoms with E-state index in [2.05, 4.69) is 0 Å². The van der Waals surface area contributed by atoms with Crippen molar-refractivity contribution in [2.75, 3.05) is 20.5 Å². The van der Waals surface area contributed by atoms with E-state index in [1.165, 1.54) is 19.2 Å². The molecule has 0 saturated heterocycles. The van der Waals surface area contributed by atoms with Gasteiger partial charge in [-0.05, 0) is 63.4 Å². The molecule has 0 amide bonds. The van der Waals surface area contributed by atoms with E-state index in [-0.39, 0.29) is 24.7 Å². The largest absolute Gasteiger partial charge is 0.467 e. The van der Waals surface area contributed by atoms with Crippen molar-refractivity contribution in [2.24, 2.45) is 0 Å². The molecule has 1 N–H and O–H groups in total. The molecule has 6 nitrogen and oxygen atoms in total. The molecule has 0 aromatic heterocycles. The molecule has 160 valence electrons. The average molecular weight is 423 g/mol. The molecular formula is C22H30O6S. The minimum atomic E-state index is -3.96. The molecule has 0 aliphatic carbocycles. The van der Waals surface area contributed by atoms with Gasteiger partial charge in [0.25, 0.3) is 10.1 Å². The first-order valence-electron chi connectivity index (χ1n) is 9.37. The van der Waals surface area contributed by atoms with E-state index < -0.39 is 15.7 Å². The van der Waals surface area contributed by atoms with Crippen molar-refractivity contribution in [3.05, 3.63) is 58.1 Å². The Morgan fingerprint density at radius 3 is 2.24 bits per heavy atom. The molecule has 0 bridgehead atoms. The molecule has 0 spiro atoms. The number of methoxy groups -OCH3 is 1. The van der Waals surface area contributed by atoms with Crippen LogP contribution in [0.1, 0.15) is 34.7 Å². The molecule has 2 rings (SSSR count). The third kappa shape index (κ3) is 6.02. The molecule has 0 heterocycles. The van der Waals surface area contributed by atoms with E-state index >= 15 is 0 Å². The lowest BCUT2D eigenvalue weighted by Gasteiger charge is -2.26. The maximum Gasteiger partial charge on any atom is 0.297 e. The van der Waals surface area contributed by atoms with Crippen LogP contribution in [0.25, 0.3) is 0 Å².